The second kappa shape index (κ2) is 11.1. The van der Waals surface area contributed by atoms with Crippen LogP contribution in [-0.4, -0.2) is 0 Å². The maximum atomic E-state index is 9.92. The van der Waals surface area contributed by atoms with E-state index in [2.05, 4.69) is 0 Å². The van der Waals surface area contributed by atoms with Gasteiger partial charge in [-0.05, 0) is 83.5 Å². The van der Waals surface area contributed by atoms with Gasteiger partial charge in [-0.3, -0.25) is 0 Å². The molecule has 0 spiro atoms. The summed E-state index contributed by atoms with van der Waals surface area (Å²) in [5.41, 5.74) is -1.19. The monoisotopic (exact) mass is 644 g/mol. The molecule has 0 saturated heterocycles. The number of hydrogen-bond donors (Lipinski definition) is 0. The Labute approximate surface area is 315 Å². The highest BCUT2D eigenvalue weighted by molar-refractivity contribution is 6.25. The van der Waals surface area contributed by atoms with E-state index in [-0.39, 0.29) is 16.5 Å². The molecule has 228 valence electrons. The quantitative estimate of drug-likeness (QED) is 0.137. The second-order valence-corrected chi connectivity index (χ2v) is 11.1. The van der Waals surface area contributed by atoms with Gasteiger partial charge in [-0.1, -0.05) is 163 Å². The van der Waals surface area contributed by atoms with Gasteiger partial charge in [0.1, 0.15) is 11.3 Å². The number of fused-ring (bicyclic) bond motifs is 6. The van der Waals surface area contributed by atoms with E-state index in [0.717, 1.165) is 0 Å². The van der Waals surface area contributed by atoms with Crippen molar-refractivity contribution < 1.29 is 34.6 Å². The highest BCUT2D eigenvalue weighted by Gasteiger charge is 2.24. The fourth-order valence-corrected chi connectivity index (χ4v) is 6.35. The molecule has 10 rings (SSSR count). The predicted octanol–water partition coefficient (Wildman–Crippen LogP) is 13.7. The van der Waals surface area contributed by atoms with E-state index >= 15 is 0 Å². The maximum Gasteiger partial charge on any atom is 0.143 e. The van der Waals surface area contributed by atoms with E-state index in [4.69, 9.17) is 25.0 Å². The molecule has 0 N–H and O–H groups in total. The Balaban J connectivity index is 1.54. The van der Waals surface area contributed by atoms with Gasteiger partial charge in [0.15, 0.2) is 0 Å². The molecule has 0 unspecified atom stereocenters. The minimum atomic E-state index is -0.862. The Morgan fingerprint density at radius 1 is 0.367 bits per heavy atom. The Morgan fingerprint density at radius 2 is 0.959 bits per heavy atom. The van der Waals surface area contributed by atoms with E-state index in [0.29, 0.717) is 11.1 Å². The molecule has 49 heavy (non-hydrogen) atoms. The summed E-state index contributed by atoms with van der Waals surface area (Å²) in [4.78, 5) is 0. The van der Waals surface area contributed by atoms with Crippen molar-refractivity contribution in [3.8, 4) is 44.7 Å². The zero-order chi connectivity index (χ0) is 51.5. The highest BCUT2D eigenvalue weighted by atomic mass is 16.3. The van der Waals surface area contributed by atoms with Gasteiger partial charge in [0.25, 0.3) is 0 Å². The first-order chi connectivity index (χ1) is 33.5. The Hall–Kier alpha value is -6.44. The molecule has 1 aromatic heterocycles. The topological polar surface area (TPSA) is 13.1 Å². The standard InChI is InChI=1S/C48H30O/c1-3-13-31(14-4-1)35-27-28-42-44(30-35)49-48(36-26-25-33-24-23-32-15-7-8-18-37(32)43(33)29-36)47(42)46-40-21-11-9-19-38(40)45(34-16-5-2-6-17-34)39-20-10-12-22-41(39)46/h1-30H/i2D,5D,6D,7D,8D,9D,10D,11D,12D,15D,16D,17D,18D,19D,20D,21D,22D,23D,24D,25D,26D,29D. The summed E-state index contributed by atoms with van der Waals surface area (Å²) in [7, 11) is 0. The number of hydrogen-bond acceptors (Lipinski definition) is 1. The molecular weight excluding hydrogens is 593 g/mol. The molecule has 0 aliphatic heterocycles. The molecule has 1 nitrogen and oxygen atoms in total. The van der Waals surface area contributed by atoms with Gasteiger partial charge < -0.3 is 4.42 Å². The molecule has 0 saturated carbocycles. The molecule has 9 aromatic carbocycles. The van der Waals surface area contributed by atoms with Crippen LogP contribution in [-0.2, 0) is 0 Å². The average Bonchev–Trinajstić information content (AvgIpc) is 3.73. The summed E-state index contributed by atoms with van der Waals surface area (Å²) < 4.78 is 206. The summed E-state index contributed by atoms with van der Waals surface area (Å²) in [6.45, 7) is 0. The van der Waals surface area contributed by atoms with E-state index in [1.165, 1.54) is 6.07 Å². The van der Waals surface area contributed by atoms with Gasteiger partial charge in [0, 0.05) is 22.1 Å². The van der Waals surface area contributed by atoms with Crippen molar-refractivity contribution >= 4 is 54.1 Å². The van der Waals surface area contributed by atoms with Crippen LogP contribution in [0.3, 0.4) is 0 Å². The summed E-state index contributed by atoms with van der Waals surface area (Å²) in [5, 5.41) is -3.78. The molecule has 0 radical (unpaired) electrons. The van der Waals surface area contributed by atoms with Gasteiger partial charge in [-0.2, -0.15) is 0 Å². The van der Waals surface area contributed by atoms with Crippen molar-refractivity contribution in [2.45, 2.75) is 0 Å². The van der Waals surface area contributed by atoms with Crippen LogP contribution in [0.5, 0.6) is 0 Å². The summed E-state index contributed by atoms with van der Waals surface area (Å²) in [6.07, 6.45) is 0. The molecule has 0 fully saturated rings. The molecule has 0 amide bonds. The van der Waals surface area contributed by atoms with Crippen LogP contribution < -0.4 is 0 Å². The lowest BCUT2D eigenvalue weighted by Gasteiger charge is -2.18. The Bertz CT molecular complexity index is 4020. The Morgan fingerprint density at radius 3 is 1.67 bits per heavy atom. The minimum absolute atomic E-state index is 0.0195. The first-order valence-corrected chi connectivity index (χ1v) is 15.1. The van der Waals surface area contributed by atoms with Crippen LogP contribution in [0.25, 0.3) is 98.8 Å². The number of furan rings is 1. The SMILES string of the molecule is [2H]c1c([2H])c([2H])c(-c2c3c([2H])c([2H])c([2H])c([2H])c3c(-c3c(-c4c([2H])c([2H])c5c([2H])c([2H])c6c([2H])c([2H])c([2H])c([2H])c6c5c4[2H])oc4cc(-c5ccccc5)ccc34)c3c([2H])c([2H])c([2H])c([2H])c23)c([2H])c1[2H]. The average molecular weight is 645 g/mol. The van der Waals surface area contributed by atoms with Crippen LogP contribution >= 0.6 is 0 Å². The number of benzene rings is 9. The lowest BCUT2D eigenvalue weighted by molar-refractivity contribution is 0.633. The van der Waals surface area contributed by atoms with Gasteiger partial charge in [0.05, 0.1) is 30.2 Å². The molecule has 10 aromatic rings. The zero-order valence-electron chi connectivity index (χ0n) is 47.0. The molecule has 1 heterocycles. The maximum absolute atomic E-state index is 9.92. The Kier molecular flexibility index (Phi) is 3.07. The highest BCUT2D eigenvalue weighted by Crippen LogP contribution is 2.50. The van der Waals surface area contributed by atoms with Gasteiger partial charge in [0.2, 0.25) is 0 Å². The molecule has 0 aliphatic rings. The first kappa shape index (κ1) is 13.6. The van der Waals surface area contributed by atoms with Crippen molar-refractivity contribution in [3.05, 3.63) is 181 Å². The fourth-order valence-electron chi connectivity index (χ4n) is 6.35. The third kappa shape index (κ3) is 4.40. The summed E-state index contributed by atoms with van der Waals surface area (Å²) >= 11 is 0. The van der Waals surface area contributed by atoms with Gasteiger partial charge in [-0.25, -0.2) is 0 Å². The first-order valence-electron chi connectivity index (χ1n) is 26.1. The predicted molar refractivity (Wildman–Crippen MR) is 208 cm³/mol. The third-order valence-corrected chi connectivity index (χ3v) is 8.46. The van der Waals surface area contributed by atoms with Crippen LogP contribution in [0.4, 0.5) is 0 Å². The normalized spacial score (nSPS) is 18.0. The van der Waals surface area contributed by atoms with Crippen molar-refractivity contribution in [2.75, 3.05) is 0 Å². The van der Waals surface area contributed by atoms with Crippen LogP contribution in [0.2, 0.25) is 0 Å². The molecule has 0 aliphatic carbocycles. The van der Waals surface area contributed by atoms with Crippen molar-refractivity contribution in [3.63, 3.8) is 0 Å². The minimum Gasteiger partial charge on any atom is -0.455 e. The summed E-state index contributed by atoms with van der Waals surface area (Å²) in [5.74, 6) is -0.496. The molecule has 1 heteroatoms. The fraction of sp³-hybridized carbons (Fsp3) is 0. The lowest BCUT2D eigenvalue weighted by atomic mass is 9.84. The van der Waals surface area contributed by atoms with Crippen LogP contribution in [0, 0.1) is 0 Å². The third-order valence-electron chi connectivity index (χ3n) is 8.46. The number of rotatable bonds is 4. The van der Waals surface area contributed by atoms with E-state index < -0.39 is 204 Å². The summed E-state index contributed by atoms with van der Waals surface area (Å²) in [6, 6.07) is -3.95. The largest absolute Gasteiger partial charge is 0.455 e. The second-order valence-electron chi connectivity index (χ2n) is 11.1. The van der Waals surface area contributed by atoms with Crippen LogP contribution in [0.1, 0.15) is 30.2 Å². The van der Waals surface area contributed by atoms with E-state index in [9.17, 15) is 9.60 Å². The molecule has 0 atom stereocenters. The smallest absolute Gasteiger partial charge is 0.143 e. The van der Waals surface area contributed by atoms with Crippen LogP contribution in [0.15, 0.2) is 186 Å². The lowest BCUT2D eigenvalue weighted by Crippen LogP contribution is -1.91. The van der Waals surface area contributed by atoms with E-state index in [1.54, 1.807) is 42.5 Å². The van der Waals surface area contributed by atoms with Gasteiger partial charge in [-0.15, -0.1) is 0 Å². The van der Waals surface area contributed by atoms with E-state index in [1.807, 2.05) is 0 Å². The van der Waals surface area contributed by atoms with Crippen molar-refractivity contribution in [1.82, 2.24) is 0 Å². The molecule has 0 bridgehead atoms. The zero-order valence-corrected chi connectivity index (χ0v) is 25.0. The molecular formula is C48H30O. The van der Waals surface area contributed by atoms with Crippen molar-refractivity contribution in [2.24, 2.45) is 0 Å². The van der Waals surface area contributed by atoms with Crippen molar-refractivity contribution in [1.29, 1.82) is 0 Å². The van der Waals surface area contributed by atoms with Gasteiger partial charge >= 0.3 is 0 Å².